The van der Waals surface area contributed by atoms with Gasteiger partial charge in [0, 0.05) is 24.4 Å². The van der Waals surface area contributed by atoms with E-state index in [0.29, 0.717) is 18.1 Å². The highest BCUT2D eigenvalue weighted by Gasteiger charge is 2.02. The molecule has 1 aromatic rings. The van der Waals surface area contributed by atoms with E-state index in [-0.39, 0.29) is 5.84 Å². The van der Waals surface area contributed by atoms with Crippen LogP contribution < -0.4 is 10.5 Å². The zero-order chi connectivity index (χ0) is 12.7. The summed E-state index contributed by atoms with van der Waals surface area (Å²) in [5.74, 6) is 0.547. The minimum Gasteiger partial charge on any atom is -0.476 e. The lowest BCUT2D eigenvalue weighted by molar-refractivity contribution is 0.218. The summed E-state index contributed by atoms with van der Waals surface area (Å²) in [6, 6.07) is 3.38. The van der Waals surface area contributed by atoms with E-state index in [1.165, 1.54) is 0 Å². The Hall–Kier alpha value is -1.62. The number of amidine groups is 1. The minimum atomic E-state index is 0.0287. The first kappa shape index (κ1) is 13.4. The molecule has 0 aromatic carbocycles. The minimum absolute atomic E-state index is 0.0287. The Morgan fingerprint density at radius 2 is 2.18 bits per heavy atom. The first-order valence-corrected chi connectivity index (χ1v) is 5.83. The molecule has 0 fully saturated rings. The molecule has 0 amide bonds. The van der Waals surface area contributed by atoms with Crippen molar-refractivity contribution in [3.05, 3.63) is 23.9 Å². The number of hydrogen-bond acceptors (Lipinski definition) is 4. The molecule has 17 heavy (non-hydrogen) atoms. The number of nitrogens with one attached hydrogen (secondary N) is 1. The molecule has 1 heterocycles. The molecule has 0 saturated carbocycles. The number of hydrogen-bond donors (Lipinski definition) is 2. The van der Waals surface area contributed by atoms with E-state index >= 15 is 0 Å². The van der Waals surface area contributed by atoms with Crippen molar-refractivity contribution in [3.8, 4) is 5.88 Å². The topological polar surface area (TPSA) is 75.2 Å². The Morgan fingerprint density at radius 3 is 2.76 bits per heavy atom. The van der Waals surface area contributed by atoms with Crippen molar-refractivity contribution < 1.29 is 4.74 Å². The van der Waals surface area contributed by atoms with E-state index in [1.54, 1.807) is 18.3 Å². The second-order valence-corrected chi connectivity index (χ2v) is 3.67. The average Bonchev–Trinajstić information content (AvgIpc) is 2.35. The first-order valence-electron chi connectivity index (χ1n) is 5.83. The van der Waals surface area contributed by atoms with Crippen LogP contribution in [-0.2, 0) is 0 Å². The lowest BCUT2D eigenvalue weighted by Crippen LogP contribution is -2.28. The molecule has 0 bridgehead atoms. The first-order chi connectivity index (χ1) is 8.17. The molecular formula is C12H20N4O. The van der Waals surface area contributed by atoms with Gasteiger partial charge in [0.1, 0.15) is 12.4 Å². The van der Waals surface area contributed by atoms with Crippen molar-refractivity contribution in [3.63, 3.8) is 0 Å². The molecule has 0 unspecified atom stereocenters. The Kier molecular flexibility index (Phi) is 5.42. The van der Waals surface area contributed by atoms with Crippen molar-refractivity contribution in [2.75, 3.05) is 26.2 Å². The number of ether oxygens (including phenoxy) is 1. The van der Waals surface area contributed by atoms with Crippen LogP contribution in [0.25, 0.3) is 0 Å². The van der Waals surface area contributed by atoms with Gasteiger partial charge in [-0.1, -0.05) is 13.8 Å². The molecule has 94 valence electrons. The lowest BCUT2D eigenvalue weighted by atomic mass is 10.2. The van der Waals surface area contributed by atoms with Gasteiger partial charge >= 0.3 is 0 Å². The molecule has 1 rings (SSSR count). The van der Waals surface area contributed by atoms with Crippen molar-refractivity contribution in [2.24, 2.45) is 5.73 Å². The van der Waals surface area contributed by atoms with E-state index in [1.807, 2.05) is 0 Å². The third kappa shape index (κ3) is 4.40. The molecule has 0 aliphatic carbocycles. The number of likely N-dealkylation sites (N-methyl/N-ethyl adjacent to an activating group) is 1. The second-order valence-electron chi connectivity index (χ2n) is 3.67. The highest BCUT2D eigenvalue weighted by Crippen LogP contribution is 2.08. The number of pyridine rings is 1. The van der Waals surface area contributed by atoms with Crippen molar-refractivity contribution in [1.29, 1.82) is 5.41 Å². The van der Waals surface area contributed by atoms with E-state index in [2.05, 4.69) is 23.7 Å². The van der Waals surface area contributed by atoms with Crippen LogP contribution in [0.5, 0.6) is 5.88 Å². The maximum atomic E-state index is 7.32. The van der Waals surface area contributed by atoms with Gasteiger partial charge in [0.25, 0.3) is 0 Å². The van der Waals surface area contributed by atoms with Crippen molar-refractivity contribution in [2.45, 2.75) is 13.8 Å². The fourth-order valence-corrected chi connectivity index (χ4v) is 1.48. The third-order valence-electron chi connectivity index (χ3n) is 2.60. The van der Waals surface area contributed by atoms with Crippen molar-refractivity contribution >= 4 is 5.84 Å². The summed E-state index contributed by atoms with van der Waals surface area (Å²) in [7, 11) is 0. The van der Waals surface area contributed by atoms with Gasteiger partial charge in [-0.2, -0.15) is 0 Å². The highest BCUT2D eigenvalue weighted by molar-refractivity contribution is 5.95. The summed E-state index contributed by atoms with van der Waals surface area (Å²) in [5.41, 5.74) is 6.03. The van der Waals surface area contributed by atoms with Gasteiger partial charge in [-0.3, -0.25) is 5.41 Å². The molecule has 0 aliphatic heterocycles. The van der Waals surface area contributed by atoms with Gasteiger partial charge in [0.15, 0.2) is 0 Å². The maximum Gasteiger partial charge on any atom is 0.213 e. The molecule has 0 radical (unpaired) electrons. The van der Waals surface area contributed by atoms with Gasteiger partial charge in [0.05, 0.1) is 0 Å². The standard InChI is InChI=1S/C12H20N4O/c1-3-16(4-2)7-8-17-11-9-10(12(13)14)5-6-15-11/h5-6,9H,3-4,7-8H2,1-2H3,(H3,13,14). The van der Waals surface area contributed by atoms with Gasteiger partial charge in [0.2, 0.25) is 5.88 Å². The fourth-order valence-electron chi connectivity index (χ4n) is 1.48. The van der Waals surface area contributed by atoms with Crippen LogP contribution in [0.2, 0.25) is 0 Å². The van der Waals surface area contributed by atoms with Crippen LogP contribution in [0.15, 0.2) is 18.3 Å². The Balaban J connectivity index is 2.46. The second kappa shape index (κ2) is 6.85. The predicted octanol–water partition coefficient (Wildman–Crippen LogP) is 1.09. The van der Waals surface area contributed by atoms with E-state index in [0.717, 1.165) is 19.6 Å². The highest BCUT2D eigenvalue weighted by atomic mass is 16.5. The molecular weight excluding hydrogens is 216 g/mol. The Morgan fingerprint density at radius 1 is 1.47 bits per heavy atom. The van der Waals surface area contributed by atoms with Gasteiger partial charge in [-0.05, 0) is 19.2 Å². The zero-order valence-corrected chi connectivity index (χ0v) is 10.4. The summed E-state index contributed by atoms with van der Waals surface area (Å²) in [6.07, 6.45) is 1.60. The van der Waals surface area contributed by atoms with Crippen molar-refractivity contribution in [1.82, 2.24) is 9.88 Å². The summed E-state index contributed by atoms with van der Waals surface area (Å²) in [6.45, 7) is 7.74. The number of rotatable bonds is 7. The molecule has 5 nitrogen and oxygen atoms in total. The SMILES string of the molecule is CCN(CC)CCOc1cc(C(=N)N)ccn1. The summed E-state index contributed by atoms with van der Waals surface area (Å²) in [5, 5.41) is 7.32. The van der Waals surface area contributed by atoms with Gasteiger partial charge < -0.3 is 15.4 Å². The van der Waals surface area contributed by atoms with E-state index < -0.39 is 0 Å². The average molecular weight is 236 g/mol. The van der Waals surface area contributed by atoms with E-state index in [4.69, 9.17) is 15.9 Å². The van der Waals surface area contributed by atoms with E-state index in [9.17, 15) is 0 Å². The molecule has 3 N–H and O–H groups in total. The smallest absolute Gasteiger partial charge is 0.213 e. The summed E-state index contributed by atoms with van der Waals surface area (Å²) < 4.78 is 5.53. The third-order valence-corrected chi connectivity index (χ3v) is 2.60. The Labute approximate surface area is 102 Å². The molecule has 0 saturated heterocycles. The normalized spacial score (nSPS) is 10.5. The molecule has 0 aliphatic rings. The van der Waals surface area contributed by atoms with Crippen LogP contribution >= 0.6 is 0 Å². The van der Waals surface area contributed by atoms with Gasteiger partial charge in [-0.25, -0.2) is 4.98 Å². The van der Waals surface area contributed by atoms with Crippen LogP contribution in [0.4, 0.5) is 0 Å². The number of nitrogens with zero attached hydrogens (tertiary/aromatic N) is 2. The number of nitrogen functional groups attached to an aromatic ring is 1. The quantitative estimate of drug-likeness (QED) is 0.549. The number of aromatic nitrogens is 1. The predicted molar refractivity (Wildman–Crippen MR) is 68.5 cm³/mol. The molecule has 5 heteroatoms. The van der Waals surface area contributed by atoms with Crippen LogP contribution in [0, 0.1) is 5.41 Å². The molecule has 1 aromatic heterocycles. The van der Waals surface area contributed by atoms with Crippen LogP contribution in [-0.4, -0.2) is 42.0 Å². The van der Waals surface area contributed by atoms with Gasteiger partial charge in [-0.15, -0.1) is 0 Å². The zero-order valence-electron chi connectivity index (χ0n) is 10.4. The fraction of sp³-hybridized carbons (Fsp3) is 0.500. The maximum absolute atomic E-state index is 7.32. The van der Waals surface area contributed by atoms with Crippen LogP contribution in [0.1, 0.15) is 19.4 Å². The monoisotopic (exact) mass is 236 g/mol. The molecule has 0 spiro atoms. The molecule has 0 atom stereocenters. The lowest BCUT2D eigenvalue weighted by Gasteiger charge is -2.17. The number of nitrogens with two attached hydrogens (primary N) is 1. The van der Waals surface area contributed by atoms with Crippen LogP contribution in [0.3, 0.4) is 0 Å². The largest absolute Gasteiger partial charge is 0.476 e. The summed E-state index contributed by atoms with van der Waals surface area (Å²) >= 11 is 0. The summed E-state index contributed by atoms with van der Waals surface area (Å²) in [4.78, 5) is 6.35. The Bertz CT molecular complexity index is 363.